The smallest absolute Gasteiger partial charge is 0.355 e. The first kappa shape index (κ1) is 26.6. The van der Waals surface area contributed by atoms with Crippen molar-refractivity contribution in [1.82, 2.24) is 0 Å². The van der Waals surface area contributed by atoms with Crippen molar-refractivity contribution in [3.8, 4) is 5.75 Å². The van der Waals surface area contributed by atoms with Crippen molar-refractivity contribution in [2.45, 2.75) is 97.0 Å². The Balaban J connectivity index is 2.37. The van der Waals surface area contributed by atoms with E-state index in [1.54, 1.807) is 6.92 Å². The molecule has 1 aromatic rings. The third kappa shape index (κ3) is 11.5. The maximum Gasteiger partial charge on any atom is 0.355 e. The predicted octanol–water partition coefficient (Wildman–Crippen LogP) is 6.18. The number of ketones is 1. The molecule has 7 heteroatoms. The molecule has 0 aromatic heterocycles. The fraction of sp³-hybridized carbons (Fsp3) is 0.667. The zero-order valence-corrected chi connectivity index (χ0v) is 19.0. The van der Waals surface area contributed by atoms with Gasteiger partial charge in [0.15, 0.2) is 5.78 Å². The molecule has 0 fully saturated rings. The number of hydrogen-bond acceptors (Lipinski definition) is 6. The molecule has 1 atom stereocenters. The van der Waals surface area contributed by atoms with Crippen molar-refractivity contribution in [1.29, 1.82) is 0 Å². The first-order chi connectivity index (χ1) is 15.0. The lowest BCUT2D eigenvalue weighted by Gasteiger charge is -2.16. The molecular formula is C24H37NO6. The van der Waals surface area contributed by atoms with E-state index in [4.69, 9.17) is 9.47 Å². The summed E-state index contributed by atoms with van der Waals surface area (Å²) in [6.45, 7) is 4.03. The molecule has 0 aliphatic rings. The number of nitrogens with zero attached hydrogens (tertiary/aromatic N) is 1. The van der Waals surface area contributed by atoms with E-state index >= 15 is 0 Å². The molecule has 0 radical (unpaired) electrons. The van der Waals surface area contributed by atoms with Gasteiger partial charge in [0.25, 0.3) is 11.8 Å². The van der Waals surface area contributed by atoms with Gasteiger partial charge in [-0.2, -0.15) is 0 Å². The van der Waals surface area contributed by atoms with Crippen LogP contribution in [0, 0.1) is 10.1 Å². The lowest BCUT2D eigenvalue weighted by molar-refractivity contribution is -0.384. The lowest BCUT2D eigenvalue weighted by atomic mass is 10.0. The number of benzene rings is 1. The molecule has 0 aliphatic heterocycles. The van der Waals surface area contributed by atoms with E-state index in [0.29, 0.717) is 6.42 Å². The highest BCUT2D eigenvalue weighted by Crippen LogP contribution is 2.20. The number of carbonyl (C=O) groups excluding carboxylic acids is 2. The number of unbranched alkanes of at least 4 members (excludes halogenated alkanes) is 10. The van der Waals surface area contributed by atoms with Gasteiger partial charge < -0.3 is 9.47 Å². The Labute approximate surface area is 185 Å². The Morgan fingerprint density at radius 1 is 0.871 bits per heavy atom. The van der Waals surface area contributed by atoms with Gasteiger partial charge >= 0.3 is 5.97 Å². The quantitative estimate of drug-likeness (QED) is 0.0898. The fourth-order valence-corrected chi connectivity index (χ4v) is 3.34. The van der Waals surface area contributed by atoms with Crippen LogP contribution in [0.4, 0.5) is 5.69 Å². The monoisotopic (exact) mass is 435 g/mol. The van der Waals surface area contributed by atoms with Crippen molar-refractivity contribution in [2.24, 2.45) is 0 Å². The van der Waals surface area contributed by atoms with Gasteiger partial charge in [-0.25, -0.2) is 4.79 Å². The Morgan fingerprint density at radius 3 is 1.87 bits per heavy atom. The number of carbonyl (C=O) groups is 2. The fourth-order valence-electron chi connectivity index (χ4n) is 3.34. The molecule has 0 saturated heterocycles. The van der Waals surface area contributed by atoms with Gasteiger partial charge in [0, 0.05) is 18.6 Å². The summed E-state index contributed by atoms with van der Waals surface area (Å²) < 4.78 is 10.5. The highest BCUT2D eigenvalue weighted by molar-refractivity contribution is 6.02. The van der Waals surface area contributed by atoms with E-state index in [1.807, 2.05) is 0 Å². The molecule has 0 spiro atoms. The summed E-state index contributed by atoms with van der Waals surface area (Å²) in [6.07, 6.45) is 11.9. The third-order valence-corrected chi connectivity index (χ3v) is 5.12. The van der Waals surface area contributed by atoms with Crippen LogP contribution in [0.15, 0.2) is 24.3 Å². The zero-order valence-electron chi connectivity index (χ0n) is 19.0. The SMILES string of the molecule is CCCCCCCCCCCCCC(=O)C(Oc1ccc([N+](=O)[O-])cc1)C(=O)OCC. The molecular weight excluding hydrogens is 398 g/mol. The molecule has 1 rings (SSSR count). The zero-order chi connectivity index (χ0) is 22.9. The second kappa shape index (κ2) is 16.3. The van der Waals surface area contributed by atoms with E-state index in [1.165, 1.54) is 75.6 Å². The summed E-state index contributed by atoms with van der Waals surface area (Å²) in [6, 6.07) is 5.29. The van der Waals surface area contributed by atoms with Crippen LogP contribution < -0.4 is 4.74 Å². The molecule has 0 bridgehead atoms. The van der Waals surface area contributed by atoms with Gasteiger partial charge in [-0.15, -0.1) is 0 Å². The minimum atomic E-state index is -1.34. The number of ether oxygens (including phenoxy) is 2. The van der Waals surface area contributed by atoms with Crippen LogP contribution in [0.25, 0.3) is 0 Å². The number of hydrogen-bond donors (Lipinski definition) is 0. The summed E-state index contributed by atoms with van der Waals surface area (Å²) in [4.78, 5) is 35.0. The van der Waals surface area contributed by atoms with Crippen molar-refractivity contribution in [2.75, 3.05) is 6.61 Å². The lowest BCUT2D eigenvalue weighted by Crippen LogP contribution is -2.37. The molecule has 0 saturated carbocycles. The normalized spacial score (nSPS) is 11.7. The first-order valence-corrected chi connectivity index (χ1v) is 11.6. The number of esters is 1. The number of nitro benzene ring substituents is 1. The van der Waals surface area contributed by atoms with E-state index in [0.717, 1.165) is 12.8 Å². The van der Waals surface area contributed by atoms with Crippen molar-refractivity contribution in [3.63, 3.8) is 0 Å². The second-order valence-electron chi connectivity index (χ2n) is 7.75. The van der Waals surface area contributed by atoms with E-state index in [2.05, 4.69) is 6.92 Å². The van der Waals surface area contributed by atoms with Gasteiger partial charge in [0.2, 0.25) is 0 Å². The first-order valence-electron chi connectivity index (χ1n) is 11.6. The predicted molar refractivity (Wildman–Crippen MR) is 120 cm³/mol. The summed E-state index contributed by atoms with van der Waals surface area (Å²) in [5.74, 6) is -0.836. The standard InChI is InChI=1S/C24H37NO6/c1-3-5-6-7-8-9-10-11-12-13-14-15-22(26)23(24(27)30-4-2)31-21-18-16-20(17-19-21)25(28)29/h16-19,23H,3-15H2,1-2H3. The third-order valence-electron chi connectivity index (χ3n) is 5.12. The van der Waals surface area contributed by atoms with Gasteiger partial charge in [-0.1, -0.05) is 71.1 Å². The van der Waals surface area contributed by atoms with Crippen LogP contribution in [0.3, 0.4) is 0 Å². The maximum atomic E-state index is 12.6. The topological polar surface area (TPSA) is 95.7 Å². The summed E-state index contributed by atoms with van der Waals surface area (Å²) in [7, 11) is 0. The van der Waals surface area contributed by atoms with Gasteiger partial charge in [0.1, 0.15) is 5.75 Å². The van der Waals surface area contributed by atoms with Gasteiger partial charge in [-0.3, -0.25) is 14.9 Å². The Morgan fingerprint density at radius 2 is 1.39 bits per heavy atom. The number of nitro groups is 1. The van der Waals surface area contributed by atoms with Crippen LogP contribution in [-0.4, -0.2) is 29.4 Å². The van der Waals surface area contributed by atoms with Crippen molar-refractivity contribution < 1.29 is 24.0 Å². The van der Waals surface area contributed by atoms with E-state index < -0.39 is 17.0 Å². The van der Waals surface area contributed by atoms with Crippen LogP contribution in [-0.2, 0) is 14.3 Å². The maximum absolute atomic E-state index is 12.6. The second-order valence-corrected chi connectivity index (χ2v) is 7.75. The molecule has 0 heterocycles. The minimum Gasteiger partial charge on any atom is -0.471 e. The molecule has 174 valence electrons. The highest BCUT2D eigenvalue weighted by atomic mass is 16.6. The molecule has 7 nitrogen and oxygen atoms in total. The van der Waals surface area contributed by atoms with Crippen LogP contribution in [0.2, 0.25) is 0 Å². The van der Waals surface area contributed by atoms with E-state index in [-0.39, 0.29) is 30.2 Å². The molecule has 31 heavy (non-hydrogen) atoms. The Kier molecular flexibility index (Phi) is 14.0. The van der Waals surface area contributed by atoms with Gasteiger partial charge in [0.05, 0.1) is 11.5 Å². The highest BCUT2D eigenvalue weighted by Gasteiger charge is 2.29. The molecule has 0 N–H and O–H groups in total. The molecule has 0 amide bonds. The Hall–Kier alpha value is -2.44. The summed E-state index contributed by atoms with van der Waals surface area (Å²) >= 11 is 0. The minimum absolute atomic E-state index is 0.0904. The molecule has 1 aromatic carbocycles. The van der Waals surface area contributed by atoms with E-state index in [9.17, 15) is 19.7 Å². The van der Waals surface area contributed by atoms with Crippen LogP contribution in [0.1, 0.15) is 90.9 Å². The average molecular weight is 436 g/mol. The number of rotatable bonds is 18. The Bertz CT molecular complexity index is 659. The molecule has 1 unspecified atom stereocenters. The summed E-state index contributed by atoms with van der Waals surface area (Å²) in [5.41, 5.74) is -0.0904. The van der Waals surface area contributed by atoms with Crippen LogP contribution >= 0.6 is 0 Å². The van der Waals surface area contributed by atoms with Crippen molar-refractivity contribution in [3.05, 3.63) is 34.4 Å². The van der Waals surface area contributed by atoms with Crippen LogP contribution in [0.5, 0.6) is 5.75 Å². The number of non-ortho nitro benzene ring substituents is 1. The number of Topliss-reactive ketones (excluding diaryl/α,β-unsaturated/α-hetero) is 1. The summed E-state index contributed by atoms with van der Waals surface area (Å²) in [5, 5.41) is 10.8. The average Bonchev–Trinajstić information content (AvgIpc) is 2.76. The largest absolute Gasteiger partial charge is 0.471 e. The molecule has 0 aliphatic carbocycles. The van der Waals surface area contributed by atoms with Gasteiger partial charge in [-0.05, 0) is 25.5 Å². The van der Waals surface area contributed by atoms with Crippen molar-refractivity contribution >= 4 is 17.4 Å².